The van der Waals surface area contributed by atoms with Gasteiger partial charge in [-0.15, -0.1) is 22.8 Å². The fraction of sp³-hybridized carbons (Fsp3) is 0.529. The lowest BCUT2D eigenvalue weighted by atomic mass is 9.81. The summed E-state index contributed by atoms with van der Waals surface area (Å²) >= 11 is 1.64. The molecule has 0 bridgehead atoms. The molecule has 2 aliphatic rings. The van der Waals surface area contributed by atoms with E-state index >= 15 is 0 Å². The Hall–Kier alpha value is -1.44. The van der Waals surface area contributed by atoms with Crippen LogP contribution in [0, 0.1) is 12.3 Å². The predicted octanol–water partition coefficient (Wildman–Crippen LogP) is 3.98. The number of hydrogen-bond donors (Lipinski definition) is 0. The van der Waals surface area contributed by atoms with E-state index in [1.54, 1.807) is 11.3 Å². The van der Waals surface area contributed by atoms with Crippen LogP contribution in [0.15, 0.2) is 28.7 Å². The molecule has 1 aliphatic heterocycles. The van der Waals surface area contributed by atoms with Gasteiger partial charge in [-0.2, -0.15) is 0 Å². The number of ether oxygens (including phenoxy) is 1. The summed E-state index contributed by atoms with van der Waals surface area (Å²) in [5.74, 6) is 4.84. The summed E-state index contributed by atoms with van der Waals surface area (Å²) in [6.07, 6.45) is 13.6. The molecule has 1 unspecified atom stereocenters. The van der Waals surface area contributed by atoms with Crippen LogP contribution >= 0.6 is 11.3 Å². The molecule has 1 aliphatic carbocycles. The molecule has 0 spiro atoms. The largest absolute Gasteiger partial charge is 0.491 e. The van der Waals surface area contributed by atoms with Gasteiger partial charge >= 0.3 is 0 Å². The zero-order valence-electron chi connectivity index (χ0n) is 12.4. The second-order valence-corrected chi connectivity index (χ2v) is 6.55. The zero-order chi connectivity index (χ0) is 14.7. The highest BCUT2D eigenvalue weighted by Gasteiger charge is 2.44. The fourth-order valence-electron chi connectivity index (χ4n) is 3.19. The minimum atomic E-state index is -0.283. The van der Waals surface area contributed by atoms with Crippen molar-refractivity contribution in [2.45, 2.75) is 50.6 Å². The van der Waals surface area contributed by atoms with Crippen molar-refractivity contribution in [2.75, 3.05) is 6.61 Å². The van der Waals surface area contributed by atoms with Crippen LogP contribution in [0.25, 0.3) is 0 Å². The molecule has 0 saturated heterocycles. The Bertz CT molecular complexity index is 538. The van der Waals surface area contributed by atoms with Gasteiger partial charge in [-0.05, 0) is 37.3 Å². The average molecular weight is 303 g/mol. The number of thiophene rings is 1. The van der Waals surface area contributed by atoms with Crippen LogP contribution in [0.1, 0.15) is 39.0 Å². The second kappa shape index (κ2) is 6.13. The normalized spacial score (nSPS) is 25.0. The Morgan fingerprint density at radius 2 is 2.29 bits per heavy atom. The molecule has 1 fully saturated rings. The molecule has 1 saturated carbocycles. The fourth-order valence-corrected chi connectivity index (χ4v) is 3.77. The Morgan fingerprint density at radius 1 is 1.48 bits per heavy atom. The zero-order valence-corrected chi connectivity index (χ0v) is 13.2. The van der Waals surface area contributed by atoms with Gasteiger partial charge in [0, 0.05) is 5.38 Å². The molecule has 0 N–H and O–H groups in total. The van der Waals surface area contributed by atoms with Crippen LogP contribution in [0.4, 0.5) is 0 Å². The maximum absolute atomic E-state index is 5.95. The van der Waals surface area contributed by atoms with Crippen molar-refractivity contribution >= 4 is 11.3 Å². The highest BCUT2D eigenvalue weighted by Crippen LogP contribution is 2.38. The third-order valence-electron chi connectivity index (χ3n) is 4.26. The number of rotatable bonds is 4. The van der Waals surface area contributed by atoms with E-state index < -0.39 is 0 Å². The summed E-state index contributed by atoms with van der Waals surface area (Å²) < 4.78 is 5.86. The van der Waals surface area contributed by atoms with Crippen molar-refractivity contribution in [3.05, 3.63) is 28.7 Å². The van der Waals surface area contributed by atoms with Crippen molar-refractivity contribution in [2.24, 2.45) is 0 Å². The van der Waals surface area contributed by atoms with Gasteiger partial charge < -0.3 is 9.57 Å². The predicted molar refractivity (Wildman–Crippen MR) is 84.9 cm³/mol. The van der Waals surface area contributed by atoms with Crippen LogP contribution in [-0.4, -0.2) is 23.3 Å². The number of hydroxylamine groups is 2. The van der Waals surface area contributed by atoms with E-state index in [2.05, 4.69) is 12.0 Å². The van der Waals surface area contributed by atoms with Crippen molar-refractivity contribution in [1.29, 1.82) is 0 Å². The molecule has 0 aromatic carbocycles. The molecular weight excluding hydrogens is 282 g/mol. The lowest BCUT2D eigenvalue weighted by Gasteiger charge is -2.41. The molecule has 2 heterocycles. The molecule has 0 amide bonds. The van der Waals surface area contributed by atoms with Crippen LogP contribution in [-0.2, 0) is 4.84 Å². The van der Waals surface area contributed by atoms with E-state index in [0.717, 1.165) is 24.4 Å². The Balaban J connectivity index is 1.72. The first-order valence-corrected chi connectivity index (χ1v) is 8.46. The Kier molecular flexibility index (Phi) is 4.23. The highest BCUT2D eigenvalue weighted by atomic mass is 32.1. The van der Waals surface area contributed by atoms with Gasteiger partial charge in [0.2, 0.25) is 0 Å². The van der Waals surface area contributed by atoms with Gasteiger partial charge in [-0.25, -0.2) is 0 Å². The summed E-state index contributed by atoms with van der Waals surface area (Å²) in [4.78, 5) is 5.95. The summed E-state index contributed by atoms with van der Waals surface area (Å²) in [5, 5.41) is 6.03. The third kappa shape index (κ3) is 2.95. The first-order valence-electron chi connectivity index (χ1n) is 7.52. The van der Waals surface area contributed by atoms with E-state index in [1.165, 1.54) is 19.3 Å². The van der Waals surface area contributed by atoms with Gasteiger partial charge in [0.15, 0.2) is 0 Å². The quantitative estimate of drug-likeness (QED) is 0.785. The lowest BCUT2D eigenvalue weighted by molar-refractivity contribution is -0.186. The van der Waals surface area contributed by atoms with Crippen molar-refractivity contribution in [1.82, 2.24) is 5.06 Å². The van der Waals surface area contributed by atoms with Crippen LogP contribution < -0.4 is 4.74 Å². The monoisotopic (exact) mass is 303 g/mol. The van der Waals surface area contributed by atoms with Gasteiger partial charge in [0.1, 0.15) is 29.7 Å². The van der Waals surface area contributed by atoms with Gasteiger partial charge in [0.25, 0.3) is 0 Å². The summed E-state index contributed by atoms with van der Waals surface area (Å²) in [5.41, 5.74) is -0.283. The highest BCUT2D eigenvalue weighted by molar-refractivity contribution is 7.08. The number of allylic oxidation sites excluding steroid dienone is 1. The van der Waals surface area contributed by atoms with Crippen molar-refractivity contribution in [3.63, 3.8) is 0 Å². The molecule has 1 aromatic heterocycles. The van der Waals surface area contributed by atoms with Crippen molar-refractivity contribution in [3.8, 4) is 18.1 Å². The number of nitrogens with zero attached hydrogens (tertiary/aromatic N) is 1. The summed E-state index contributed by atoms with van der Waals surface area (Å²) in [6.45, 7) is 2.54. The van der Waals surface area contributed by atoms with Crippen molar-refractivity contribution < 1.29 is 9.57 Å². The molecule has 0 radical (unpaired) electrons. The third-order valence-corrected chi connectivity index (χ3v) is 4.92. The van der Waals surface area contributed by atoms with Crippen LogP contribution in [0.3, 0.4) is 0 Å². The second-order valence-electron chi connectivity index (χ2n) is 5.77. The summed E-state index contributed by atoms with van der Waals surface area (Å²) in [7, 11) is 0. The topological polar surface area (TPSA) is 21.7 Å². The molecule has 21 heavy (non-hydrogen) atoms. The molecule has 112 valence electrons. The molecule has 1 atom stereocenters. The minimum absolute atomic E-state index is 0.0825. The molecule has 3 rings (SSSR count). The molecule has 1 aromatic rings. The number of hydrogen-bond acceptors (Lipinski definition) is 4. The van der Waals surface area contributed by atoms with E-state index in [0.29, 0.717) is 6.61 Å². The molecule has 4 heteroatoms. The van der Waals surface area contributed by atoms with Gasteiger partial charge in [-0.1, -0.05) is 25.2 Å². The van der Waals surface area contributed by atoms with Crippen LogP contribution in [0.2, 0.25) is 0 Å². The summed E-state index contributed by atoms with van der Waals surface area (Å²) in [6, 6.07) is 2.07. The van der Waals surface area contributed by atoms with Gasteiger partial charge in [-0.3, -0.25) is 0 Å². The minimum Gasteiger partial charge on any atom is -0.491 e. The first kappa shape index (κ1) is 14.5. The van der Waals surface area contributed by atoms with Gasteiger partial charge in [0.05, 0.1) is 0 Å². The van der Waals surface area contributed by atoms with E-state index in [-0.39, 0.29) is 11.6 Å². The van der Waals surface area contributed by atoms with Crippen LogP contribution in [0.5, 0.6) is 5.75 Å². The smallest absolute Gasteiger partial charge is 0.130 e. The molecule has 3 nitrogen and oxygen atoms in total. The SMILES string of the molecule is C#CC1(N2OC(C)=CC2COc2ccsc2)CCCCC1. The van der Waals surface area contributed by atoms with E-state index in [4.69, 9.17) is 16.0 Å². The number of terminal acetylenes is 1. The average Bonchev–Trinajstić information content (AvgIpc) is 3.15. The van der Waals surface area contributed by atoms with E-state index in [9.17, 15) is 0 Å². The first-order chi connectivity index (χ1) is 10.2. The maximum atomic E-state index is 5.95. The van der Waals surface area contributed by atoms with E-state index in [1.807, 2.05) is 28.8 Å². The maximum Gasteiger partial charge on any atom is 0.130 e. The Morgan fingerprint density at radius 3 is 2.95 bits per heavy atom. The lowest BCUT2D eigenvalue weighted by Crippen LogP contribution is -2.52. The Labute approximate surface area is 130 Å². The molecular formula is C17H21NO2S. The standard InChI is InChI=1S/C17H21NO2S/c1-3-17(8-5-4-6-9-17)18-15(11-14(2)20-18)12-19-16-7-10-21-13-16/h1,7,10-11,13,15H,4-6,8-9,12H2,2H3.